The minimum atomic E-state index is 0.145. The van der Waals surface area contributed by atoms with E-state index in [4.69, 9.17) is 15.2 Å². The molecule has 94 valence electrons. The van der Waals surface area contributed by atoms with Crippen molar-refractivity contribution < 1.29 is 9.47 Å². The third-order valence-corrected chi connectivity index (χ3v) is 3.30. The number of fused-ring (bicyclic) bond motifs is 1. The van der Waals surface area contributed by atoms with Crippen molar-refractivity contribution in [1.82, 2.24) is 0 Å². The number of methoxy groups -OCH3 is 1. The number of hydrogen-bond donors (Lipinski definition) is 1. The van der Waals surface area contributed by atoms with E-state index >= 15 is 0 Å². The molecular weight excluding hydrogens is 214 g/mol. The van der Waals surface area contributed by atoms with Crippen molar-refractivity contribution in [2.24, 2.45) is 5.73 Å². The highest BCUT2D eigenvalue weighted by Gasteiger charge is 2.22. The van der Waals surface area contributed by atoms with Crippen LogP contribution in [0, 0.1) is 0 Å². The van der Waals surface area contributed by atoms with Gasteiger partial charge in [-0.2, -0.15) is 0 Å². The Kier molecular flexibility index (Phi) is 4.54. The zero-order valence-electron chi connectivity index (χ0n) is 10.4. The lowest BCUT2D eigenvalue weighted by Gasteiger charge is -2.28. The van der Waals surface area contributed by atoms with Gasteiger partial charge in [0.05, 0.1) is 12.7 Å². The van der Waals surface area contributed by atoms with Gasteiger partial charge in [-0.05, 0) is 30.4 Å². The van der Waals surface area contributed by atoms with E-state index < -0.39 is 0 Å². The van der Waals surface area contributed by atoms with Crippen LogP contribution < -0.4 is 5.73 Å². The molecular formula is C14H21NO2. The molecule has 0 aliphatic carbocycles. The van der Waals surface area contributed by atoms with Gasteiger partial charge in [0.1, 0.15) is 0 Å². The highest BCUT2D eigenvalue weighted by Crippen LogP contribution is 2.30. The monoisotopic (exact) mass is 235 g/mol. The SMILES string of the molecule is COCCC(N)CC1OCCc2ccccc21. The first-order chi connectivity index (χ1) is 8.31. The van der Waals surface area contributed by atoms with Crippen molar-refractivity contribution >= 4 is 0 Å². The van der Waals surface area contributed by atoms with E-state index in [0.717, 1.165) is 32.5 Å². The van der Waals surface area contributed by atoms with Gasteiger partial charge in [-0.3, -0.25) is 0 Å². The lowest BCUT2D eigenvalue weighted by molar-refractivity contribution is 0.0299. The molecule has 1 aliphatic rings. The fourth-order valence-electron chi connectivity index (χ4n) is 2.33. The molecule has 3 heteroatoms. The summed E-state index contributed by atoms with van der Waals surface area (Å²) in [4.78, 5) is 0. The Morgan fingerprint density at radius 2 is 2.29 bits per heavy atom. The van der Waals surface area contributed by atoms with Gasteiger partial charge in [-0.25, -0.2) is 0 Å². The van der Waals surface area contributed by atoms with Crippen LogP contribution in [0.5, 0.6) is 0 Å². The summed E-state index contributed by atoms with van der Waals surface area (Å²) in [5.41, 5.74) is 8.80. The highest BCUT2D eigenvalue weighted by molar-refractivity contribution is 5.30. The Bertz CT molecular complexity index is 354. The summed E-state index contributed by atoms with van der Waals surface area (Å²) in [7, 11) is 1.71. The van der Waals surface area contributed by atoms with Crippen molar-refractivity contribution in [2.45, 2.75) is 31.4 Å². The molecule has 0 amide bonds. The Morgan fingerprint density at radius 1 is 1.47 bits per heavy atom. The number of rotatable bonds is 5. The van der Waals surface area contributed by atoms with Gasteiger partial charge in [-0.15, -0.1) is 0 Å². The predicted octanol–water partition coefficient (Wildman–Crippen LogP) is 2.05. The second-order valence-electron chi connectivity index (χ2n) is 4.59. The molecule has 0 bridgehead atoms. The van der Waals surface area contributed by atoms with E-state index in [0.29, 0.717) is 0 Å². The van der Waals surface area contributed by atoms with E-state index in [2.05, 4.69) is 24.3 Å². The summed E-state index contributed by atoms with van der Waals surface area (Å²) >= 11 is 0. The molecule has 0 saturated carbocycles. The van der Waals surface area contributed by atoms with Crippen LogP contribution in [-0.2, 0) is 15.9 Å². The van der Waals surface area contributed by atoms with Gasteiger partial charge < -0.3 is 15.2 Å². The van der Waals surface area contributed by atoms with Gasteiger partial charge >= 0.3 is 0 Å². The molecule has 0 radical (unpaired) electrons. The molecule has 2 rings (SSSR count). The maximum absolute atomic E-state index is 6.09. The van der Waals surface area contributed by atoms with E-state index in [9.17, 15) is 0 Å². The quantitative estimate of drug-likeness (QED) is 0.849. The number of hydrogen-bond acceptors (Lipinski definition) is 3. The molecule has 2 unspecified atom stereocenters. The van der Waals surface area contributed by atoms with Crippen LogP contribution in [0.3, 0.4) is 0 Å². The van der Waals surface area contributed by atoms with Crippen LogP contribution >= 0.6 is 0 Å². The van der Waals surface area contributed by atoms with Crippen molar-refractivity contribution in [3.05, 3.63) is 35.4 Å². The van der Waals surface area contributed by atoms with Gasteiger partial charge in [0.25, 0.3) is 0 Å². The van der Waals surface area contributed by atoms with Crippen LogP contribution in [0.15, 0.2) is 24.3 Å². The standard InChI is InChI=1S/C14H21NO2/c1-16-8-7-12(15)10-14-13-5-3-2-4-11(13)6-9-17-14/h2-5,12,14H,6-10,15H2,1H3. The molecule has 1 heterocycles. The van der Waals surface area contributed by atoms with E-state index in [-0.39, 0.29) is 12.1 Å². The molecule has 0 aromatic heterocycles. The molecule has 2 N–H and O–H groups in total. The largest absolute Gasteiger partial charge is 0.385 e. The maximum atomic E-state index is 6.09. The van der Waals surface area contributed by atoms with Crippen molar-refractivity contribution in [3.63, 3.8) is 0 Å². The van der Waals surface area contributed by atoms with E-state index in [1.54, 1.807) is 7.11 Å². The van der Waals surface area contributed by atoms with Crippen LogP contribution in [0.1, 0.15) is 30.1 Å². The van der Waals surface area contributed by atoms with Crippen molar-refractivity contribution in [1.29, 1.82) is 0 Å². The Hall–Kier alpha value is -0.900. The number of benzene rings is 1. The van der Waals surface area contributed by atoms with E-state index in [1.165, 1.54) is 11.1 Å². The zero-order chi connectivity index (χ0) is 12.1. The van der Waals surface area contributed by atoms with Crippen molar-refractivity contribution in [2.75, 3.05) is 20.3 Å². The Balaban J connectivity index is 1.98. The average Bonchev–Trinajstić information content (AvgIpc) is 2.37. The van der Waals surface area contributed by atoms with Crippen molar-refractivity contribution in [3.8, 4) is 0 Å². The van der Waals surface area contributed by atoms with E-state index in [1.807, 2.05) is 0 Å². The highest BCUT2D eigenvalue weighted by atomic mass is 16.5. The first kappa shape index (κ1) is 12.6. The summed E-state index contributed by atoms with van der Waals surface area (Å²) in [5, 5.41) is 0. The molecule has 17 heavy (non-hydrogen) atoms. The molecule has 1 aromatic carbocycles. The topological polar surface area (TPSA) is 44.5 Å². The van der Waals surface area contributed by atoms with Gasteiger partial charge in [0.15, 0.2) is 0 Å². The third kappa shape index (κ3) is 3.28. The minimum Gasteiger partial charge on any atom is -0.385 e. The number of nitrogens with two attached hydrogens (primary N) is 1. The lowest BCUT2D eigenvalue weighted by atomic mass is 9.93. The second-order valence-corrected chi connectivity index (χ2v) is 4.59. The molecule has 0 saturated heterocycles. The minimum absolute atomic E-state index is 0.145. The molecule has 0 spiro atoms. The Labute approximate surface area is 103 Å². The molecule has 2 atom stereocenters. The van der Waals surface area contributed by atoms with Crippen LogP contribution in [0.25, 0.3) is 0 Å². The Morgan fingerprint density at radius 3 is 3.12 bits per heavy atom. The molecule has 1 aliphatic heterocycles. The molecule has 3 nitrogen and oxygen atoms in total. The van der Waals surface area contributed by atoms with Crippen LogP contribution in [-0.4, -0.2) is 26.4 Å². The molecule has 0 fully saturated rings. The smallest absolute Gasteiger partial charge is 0.0842 e. The normalized spacial score (nSPS) is 20.9. The third-order valence-electron chi connectivity index (χ3n) is 3.30. The summed E-state index contributed by atoms with van der Waals surface area (Å²) < 4.78 is 10.9. The van der Waals surface area contributed by atoms with Gasteiger partial charge in [0.2, 0.25) is 0 Å². The fourth-order valence-corrected chi connectivity index (χ4v) is 2.33. The van der Waals surface area contributed by atoms with Crippen LogP contribution in [0.4, 0.5) is 0 Å². The second kappa shape index (κ2) is 6.15. The summed E-state index contributed by atoms with van der Waals surface area (Å²) in [6, 6.07) is 8.65. The van der Waals surface area contributed by atoms with Crippen LogP contribution in [0.2, 0.25) is 0 Å². The first-order valence-electron chi connectivity index (χ1n) is 6.25. The first-order valence-corrected chi connectivity index (χ1v) is 6.25. The maximum Gasteiger partial charge on any atom is 0.0842 e. The summed E-state index contributed by atoms with van der Waals surface area (Å²) in [6.45, 7) is 1.52. The lowest BCUT2D eigenvalue weighted by Crippen LogP contribution is -2.27. The van der Waals surface area contributed by atoms with Gasteiger partial charge in [-0.1, -0.05) is 24.3 Å². The zero-order valence-corrected chi connectivity index (χ0v) is 10.4. The molecule has 1 aromatic rings. The fraction of sp³-hybridized carbons (Fsp3) is 0.571. The number of ether oxygens (including phenoxy) is 2. The predicted molar refractivity (Wildman–Crippen MR) is 67.9 cm³/mol. The summed E-state index contributed by atoms with van der Waals surface area (Å²) in [5.74, 6) is 0. The van der Waals surface area contributed by atoms with Gasteiger partial charge in [0, 0.05) is 19.8 Å². The summed E-state index contributed by atoms with van der Waals surface area (Å²) in [6.07, 6.45) is 2.94. The average molecular weight is 235 g/mol.